The normalized spacial score (nSPS) is 10.1. The highest BCUT2D eigenvalue weighted by Gasteiger charge is 2.11. The molecule has 0 bridgehead atoms. The van der Waals surface area contributed by atoms with Crippen LogP contribution in [0.4, 0.5) is 10.1 Å². The molecule has 0 aromatic heterocycles. The fraction of sp³-hybridized carbons (Fsp3) is 0.222. The molecule has 0 atom stereocenters. The number of nitrogens with zero attached hydrogens (tertiary/aromatic N) is 1. The molecule has 0 aliphatic heterocycles. The maximum Gasteiger partial charge on any atom is 0.254 e. The third-order valence-corrected chi connectivity index (χ3v) is 3.47. The van der Waals surface area contributed by atoms with Crippen LogP contribution in [0.5, 0.6) is 0 Å². The highest BCUT2D eigenvalue weighted by molar-refractivity contribution is 5.96. The number of hydrogen-bond donors (Lipinski definition) is 2. The van der Waals surface area contributed by atoms with Gasteiger partial charge in [-0.05, 0) is 29.8 Å². The van der Waals surface area contributed by atoms with E-state index >= 15 is 0 Å². The van der Waals surface area contributed by atoms with Gasteiger partial charge in [-0.1, -0.05) is 24.3 Å². The molecule has 0 heterocycles. The minimum Gasteiger partial charge on any atom is -0.378 e. The number of amides is 2. The van der Waals surface area contributed by atoms with Crippen molar-refractivity contribution in [2.75, 3.05) is 25.5 Å². The Morgan fingerprint density at radius 3 is 2.29 bits per heavy atom. The van der Waals surface area contributed by atoms with Crippen LogP contribution in [0, 0.1) is 5.82 Å². The largest absolute Gasteiger partial charge is 0.378 e. The molecule has 2 rings (SSSR count). The van der Waals surface area contributed by atoms with Crippen molar-refractivity contribution in [3.05, 3.63) is 65.5 Å². The minimum absolute atomic E-state index is 0.0791. The Kier molecular flexibility index (Phi) is 5.89. The highest BCUT2D eigenvalue weighted by Crippen LogP contribution is 2.11. The molecule has 6 heteroatoms. The Labute approximate surface area is 140 Å². The number of hydrogen-bond acceptors (Lipinski definition) is 3. The van der Waals surface area contributed by atoms with Crippen LogP contribution < -0.4 is 15.5 Å². The molecular weight excluding hydrogens is 309 g/mol. The van der Waals surface area contributed by atoms with E-state index in [0.29, 0.717) is 6.54 Å². The van der Waals surface area contributed by atoms with Gasteiger partial charge in [0.2, 0.25) is 5.91 Å². The Morgan fingerprint density at radius 2 is 1.67 bits per heavy atom. The zero-order chi connectivity index (χ0) is 17.5. The lowest BCUT2D eigenvalue weighted by atomic mass is 10.2. The molecular formula is C18H20FN3O2. The fourth-order valence-electron chi connectivity index (χ4n) is 2.08. The van der Waals surface area contributed by atoms with Crippen molar-refractivity contribution >= 4 is 17.5 Å². The monoisotopic (exact) mass is 329 g/mol. The van der Waals surface area contributed by atoms with Gasteiger partial charge in [-0.3, -0.25) is 9.59 Å². The Morgan fingerprint density at radius 1 is 1.00 bits per heavy atom. The standard InChI is InChI=1S/C18H20FN3O2/c1-22(2)14-9-7-13(8-10-14)11-20-17(23)12-21-18(24)15-5-3-4-6-16(15)19/h3-10H,11-12H2,1-2H3,(H,20,23)(H,21,24). The van der Waals surface area contributed by atoms with Crippen LogP contribution >= 0.6 is 0 Å². The van der Waals surface area contributed by atoms with Crippen LogP contribution in [0.3, 0.4) is 0 Å². The third kappa shape index (κ3) is 4.81. The summed E-state index contributed by atoms with van der Waals surface area (Å²) in [4.78, 5) is 25.6. The molecule has 2 N–H and O–H groups in total. The van der Waals surface area contributed by atoms with Crippen molar-refractivity contribution < 1.29 is 14.0 Å². The molecule has 5 nitrogen and oxygen atoms in total. The molecule has 0 spiro atoms. The number of carbonyl (C=O) groups is 2. The smallest absolute Gasteiger partial charge is 0.254 e. The summed E-state index contributed by atoms with van der Waals surface area (Å²) in [6.07, 6.45) is 0. The Hall–Kier alpha value is -2.89. The van der Waals surface area contributed by atoms with Crippen molar-refractivity contribution in [2.45, 2.75) is 6.54 Å². The average Bonchev–Trinajstić information content (AvgIpc) is 2.58. The van der Waals surface area contributed by atoms with E-state index in [1.54, 1.807) is 6.07 Å². The van der Waals surface area contributed by atoms with Gasteiger partial charge in [0.05, 0.1) is 12.1 Å². The summed E-state index contributed by atoms with van der Waals surface area (Å²) in [5.74, 6) is -1.56. The summed E-state index contributed by atoms with van der Waals surface area (Å²) < 4.78 is 13.5. The molecule has 0 radical (unpaired) electrons. The van der Waals surface area contributed by atoms with Gasteiger partial charge in [0, 0.05) is 26.3 Å². The number of benzene rings is 2. The molecule has 0 unspecified atom stereocenters. The second-order valence-electron chi connectivity index (χ2n) is 5.50. The topological polar surface area (TPSA) is 61.4 Å². The molecule has 0 aliphatic carbocycles. The fourth-order valence-corrected chi connectivity index (χ4v) is 2.08. The van der Waals surface area contributed by atoms with Crippen molar-refractivity contribution in [2.24, 2.45) is 0 Å². The molecule has 0 aliphatic rings. The van der Waals surface area contributed by atoms with E-state index < -0.39 is 11.7 Å². The number of anilines is 1. The predicted molar refractivity (Wildman–Crippen MR) is 91.3 cm³/mol. The summed E-state index contributed by atoms with van der Waals surface area (Å²) >= 11 is 0. The second-order valence-corrected chi connectivity index (χ2v) is 5.50. The number of rotatable bonds is 6. The molecule has 2 amide bonds. The van der Waals surface area contributed by atoms with E-state index in [9.17, 15) is 14.0 Å². The Balaban J connectivity index is 1.79. The molecule has 126 valence electrons. The third-order valence-electron chi connectivity index (χ3n) is 3.47. The summed E-state index contributed by atoms with van der Waals surface area (Å²) in [5, 5.41) is 5.11. The van der Waals surface area contributed by atoms with E-state index in [2.05, 4.69) is 10.6 Å². The van der Waals surface area contributed by atoms with Crippen LogP contribution in [0.25, 0.3) is 0 Å². The van der Waals surface area contributed by atoms with E-state index in [-0.39, 0.29) is 18.0 Å². The molecule has 0 saturated carbocycles. The van der Waals surface area contributed by atoms with Crippen LogP contribution in [-0.4, -0.2) is 32.5 Å². The van der Waals surface area contributed by atoms with Gasteiger partial charge in [0.25, 0.3) is 5.91 Å². The molecule has 2 aromatic carbocycles. The maximum atomic E-state index is 13.5. The van der Waals surface area contributed by atoms with Crippen LogP contribution in [-0.2, 0) is 11.3 Å². The minimum atomic E-state index is -0.614. The first-order valence-corrected chi connectivity index (χ1v) is 7.53. The van der Waals surface area contributed by atoms with Crippen molar-refractivity contribution in [3.8, 4) is 0 Å². The van der Waals surface area contributed by atoms with E-state index in [1.807, 2.05) is 43.3 Å². The highest BCUT2D eigenvalue weighted by atomic mass is 19.1. The van der Waals surface area contributed by atoms with Gasteiger partial charge in [0.1, 0.15) is 5.82 Å². The lowest BCUT2D eigenvalue weighted by Gasteiger charge is -2.13. The van der Waals surface area contributed by atoms with Crippen molar-refractivity contribution in [3.63, 3.8) is 0 Å². The van der Waals surface area contributed by atoms with E-state index in [4.69, 9.17) is 0 Å². The van der Waals surface area contributed by atoms with Gasteiger partial charge >= 0.3 is 0 Å². The van der Waals surface area contributed by atoms with Crippen LogP contribution in [0.2, 0.25) is 0 Å². The average molecular weight is 329 g/mol. The predicted octanol–water partition coefficient (Wildman–Crippen LogP) is 1.94. The van der Waals surface area contributed by atoms with Crippen molar-refractivity contribution in [1.82, 2.24) is 10.6 Å². The van der Waals surface area contributed by atoms with Gasteiger partial charge in [-0.2, -0.15) is 0 Å². The van der Waals surface area contributed by atoms with Gasteiger partial charge < -0.3 is 15.5 Å². The number of nitrogens with one attached hydrogen (secondary N) is 2. The summed E-state index contributed by atoms with van der Waals surface area (Å²) in [7, 11) is 3.91. The lowest BCUT2D eigenvalue weighted by Crippen LogP contribution is -2.36. The van der Waals surface area contributed by atoms with E-state index in [1.165, 1.54) is 18.2 Å². The lowest BCUT2D eigenvalue weighted by molar-refractivity contribution is -0.120. The van der Waals surface area contributed by atoms with Gasteiger partial charge in [-0.15, -0.1) is 0 Å². The first-order chi connectivity index (χ1) is 11.5. The second kappa shape index (κ2) is 8.10. The zero-order valence-corrected chi connectivity index (χ0v) is 13.7. The molecule has 24 heavy (non-hydrogen) atoms. The van der Waals surface area contributed by atoms with Gasteiger partial charge in [0.15, 0.2) is 0 Å². The maximum absolute atomic E-state index is 13.5. The molecule has 0 saturated heterocycles. The molecule has 2 aromatic rings. The SMILES string of the molecule is CN(C)c1ccc(CNC(=O)CNC(=O)c2ccccc2F)cc1. The summed E-state index contributed by atoms with van der Waals surface area (Å²) in [5.41, 5.74) is 1.95. The van der Waals surface area contributed by atoms with Crippen molar-refractivity contribution in [1.29, 1.82) is 0 Å². The first kappa shape index (κ1) is 17.5. The zero-order valence-electron chi connectivity index (χ0n) is 13.7. The summed E-state index contributed by atoms with van der Waals surface area (Å²) in [6, 6.07) is 13.4. The summed E-state index contributed by atoms with van der Waals surface area (Å²) in [6.45, 7) is 0.158. The first-order valence-electron chi connectivity index (χ1n) is 7.53. The number of carbonyl (C=O) groups excluding carboxylic acids is 2. The van der Waals surface area contributed by atoms with Gasteiger partial charge in [-0.25, -0.2) is 4.39 Å². The van der Waals surface area contributed by atoms with Crippen LogP contribution in [0.15, 0.2) is 48.5 Å². The quantitative estimate of drug-likeness (QED) is 0.851. The number of halogens is 1. The molecule has 0 fully saturated rings. The van der Waals surface area contributed by atoms with Crippen LogP contribution in [0.1, 0.15) is 15.9 Å². The Bertz CT molecular complexity index is 714. The van der Waals surface area contributed by atoms with E-state index in [0.717, 1.165) is 11.3 Å².